The Bertz CT molecular complexity index is 1240. The van der Waals surface area contributed by atoms with Crippen LogP contribution >= 0.6 is 0 Å². The van der Waals surface area contributed by atoms with Crippen molar-refractivity contribution in [1.29, 1.82) is 0 Å². The van der Waals surface area contributed by atoms with Gasteiger partial charge in [-0.15, -0.1) is 0 Å². The van der Waals surface area contributed by atoms with E-state index in [1.807, 2.05) is 26.8 Å². The number of rotatable bonds is 6. The highest BCUT2D eigenvalue weighted by Crippen LogP contribution is 2.37. The number of hydrogen-bond acceptors (Lipinski definition) is 5. The lowest BCUT2D eigenvalue weighted by Crippen LogP contribution is -2.20. The lowest BCUT2D eigenvalue weighted by atomic mass is 9.98. The van der Waals surface area contributed by atoms with Gasteiger partial charge in [-0.2, -0.15) is 0 Å². The predicted octanol–water partition coefficient (Wildman–Crippen LogP) is 3.43. The van der Waals surface area contributed by atoms with Crippen LogP contribution in [-0.4, -0.2) is 21.4 Å². The lowest BCUT2D eigenvalue weighted by molar-refractivity contribution is -0.116. The highest BCUT2D eigenvalue weighted by molar-refractivity contribution is 7.89. The molecule has 3 aromatic rings. The molecule has 1 amide bonds. The number of nitrogens with one attached hydrogen (secondary N) is 1. The minimum atomic E-state index is -3.74. The number of nitrogens with two attached hydrogens (primary N) is 1. The molecule has 3 rings (SSSR count). The SMILES string of the molecule is COc1c(/C(C)=C/C(=O)NCc2ccc(S(N)(=O)=O)cc2)cc2c(C)coc2c1C. The van der Waals surface area contributed by atoms with Gasteiger partial charge in [-0.1, -0.05) is 12.1 Å². The molecule has 0 saturated carbocycles. The number of aryl methyl sites for hydroxylation is 2. The summed E-state index contributed by atoms with van der Waals surface area (Å²) in [6, 6.07) is 8.00. The van der Waals surface area contributed by atoms with E-state index in [9.17, 15) is 13.2 Å². The summed E-state index contributed by atoms with van der Waals surface area (Å²) in [5, 5.41) is 8.87. The first kappa shape index (κ1) is 21.6. The Balaban J connectivity index is 1.80. The largest absolute Gasteiger partial charge is 0.496 e. The first-order valence-corrected chi connectivity index (χ1v) is 10.8. The molecular formula is C22H24N2O5S. The van der Waals surface area contributed by atoms with E-state index < -0.39 is 10.0 Å². The second-order valence-electron chi connectivity index (χ2n) is 7.11. The monoisotopic (exact) mass is 428 g/mol. The molecule has 0 aliphatic rings. The van der Waals surface area contributed by atoms with Gasteiger partial charge in [-0.05, 0) is 55.7 Å². The highest BCUT2D eigenvalue weighted by Gasteiger charge is 2.16. The minimum absolute atomic E-state index is 0.0284. The van der Waals surface area contributed by atoms with Crippen molar-refractivity contribution < 1.29 is 22.4 Å². The average Bonchev–Trinajstić information content (AvgIpc) is 3.07. The van der Waals surface area contributed by atoms with E-state index in [4.69, 9.17) is 14.3 Å². The molecule has 0 saturated heterocycles. The number of sulfonamides is 1. The summed E-state index contributed by atoms with van der Waals surface area (Å²) in [4.78, 5) is 12.5. The number of hydrogen-bond donors (Lipinski definition) is 2. The highest BCUT2D eigenvalue weighted by atomic mass is 32.2. The van der Waals surface area contributed by atoms with Gasteiger partial charge in [-0.3, -0.25) is 4.79 Å². The standard InChI is InChI=1S/C22H24N2O5S/c1-13(18-10-19-14(2)12-29-22(19)15(3)21(18)28-4)9-20(25)24-11-16-5-7-17(8-6-16)30(23,26)27/h5-10,12H,11H2,1-4H3,(H,24,25)(H2,23,26,27)/b13-9+. The Kier molecular flexibility index (Phi) is 6.00. The summed E-state index contributed by atoms with van der Waals surface area (Å²) in [6.45, 7) is 5.99. The average molecular weight is 429 g/mol. The number of carbonyl (C=O) groups is 1. The van der Waals surface area contributed by atoms with E-state index in [0.29, 0.717) is 5.75 Å². The first-order valence-electron chi connectivity index (χ1n) is 9.25. The lowest BCUT2D eigenvalue weighted by Gasteiger charge is -2.13. The van der Waals surface area contributed by atoms with Gasteiger partial charge >= 0.3 is 0 Å². The molecule has 0 unspecified atom stereocenters. The number of primary sulfonamides is 1. The van der Waals surface area contributed by atoms with E-state index in [1.165, 1.54) is 18.2 Å². The second kappa shape index (κ2) is 8.33. The smallest absolute Gasteiger partial charge is 0.244 e. The fourth-order valence-electron chi connectivity index (χ4n) is 3.31. The van der Waals surface area contributed by atoms with Crippen molar-refractivity contribution in [3.05, 3.63) is 64.9 Å². The van der Waals surface area contributed by atoms with E-state index in [-0.39, 0.29) is 17.3 Å². The van der Waals surface area contributed by atoms with Crippen molar-refractivity contribution in [3.8, 4) is 5.75 Å². The van der Waals surface area contributed by atoms with Gasteiger partial charge in [0.25, 0.3) is 0 Å². The molecule has 30 heavy (non-hydrogen) atoms. The molecule has 0 bridgehead atoms. The summed E-state index contributed by atoms with van der Waals surface area (Å²) < 4.78 is 33.8. The van der Waals surface area contributed by atoms with E-state index in [0.717, 1.165) is 38.8 Å². The van der Waals surface area contributed by atoms with Gasteiger partial charge in [0.1, 0.15) is 11.3 Å². The van der Waals surface area contributed by atoms with Crippen LogP contribution in [0.3, 0.4) is 0 Å². The van der Waals surface area contributed by atoms with Crippen LogP contribution in [0.4, 0.5) is 0 Å². The van der Waals surface area contributed by atoms with Crippen LogP contribution in [0.15, 0.2) is 52.0 Å². The minimum Gasteiger partial charge on any atom is -0.496 e. The van der Waals surface area contributed by atoms with Crippen LogP contribution < -0.4 is 15.2 Å². The van der Waals surface area contributed by atoms with Crippen molar-refractivity contribution in [1.82, 2.24) is 5.32 Å². The summed E-state index contributed by atoms with van der Waals surface area (Å²) in [7, 11) is -2.15. The van der Waals surface area contributed by atoms with Crippen molar-refractivity contribution in [2.24, 2.45) is 5.14 Å². The van der Waals surface area contributed by atoms with Crippen molar-refractivity contribution in [3.63, 3.8) is 0 Å². The third-order valence-corrected chi connectivity index (χ3v) is 5.86. The molecule has 7 nitrogen and oxygen atoms in total. The maximum absolute atomic E-state index is 12.4. The zero-order valence-electron chi connectivity index (χ0n) is 17.3. The molecular weight excluding hydrogens is 404 g/mol. The summed E-state index contributed by atoms with van der Waals surface area (Å²) in [5.74, 6) is 0.392. The molecule has 1 heterocycles. The molecule has 0 atom stereocenters. The number of ether oxygens (including phenoxy) is 1. The zero-order valence-corrected chi connectivity index (χ0v) is 18.1. The van der Waals surface area contributed by atoms with Gasteiger partial charge in [-0.25, -0.2) is 13.6 Å². The summed E-state index contributed by atoms with van der Waals surface area (Å²) >= 11 is 0. The van der Waals surface area contributed by atoms with Crippen molar-refractivity contribution >= 4 is 32.5 Å². The molecule has 0 fully saturated rings. The Morgan fingerprint density at radius 1 is 1.23 bits per heavy atom. The number of amides is 1. The predicted molar refractivity (Wildman–Crippen MR) is 116 cm³/mol. The Morgan fingerprint density at radius 2 is 1.90 bits per heavy atom. The summed E-state index contributed by atoms with van der Waals surface area (Å²) in [5.41, 5.74) is 4.98. The second-order valence-corrected chi connectivity index (χ2v) is 8.67. The van der Waals surface area contributed by atoms with Crippen LogP contribution in [0.25, 0.3) is 16.5 Å². The number of carbonyl (C=O) groups excluding carboxylic acids is 1. The Labute approximate surface area is 175 Å². The van der Waals surface area contributed by atoms with Crippen LogP contribution in [-0.2, 0) is 21.4 Å². The molecule has 0 aliphatic carbocycles. The van der Waals surface area contributed by atoms with E-state index in [1.54, 1.807) is 25.5 Å². The topological polar surface area (TPSA) is 112 Å². The maximum atomic E-state index is 12.4. The fraction of sp³-hybridized carbons (Fsp3) is 0.227. The number of fused-ring (bicyclic) bond motifs is 1. The molecule has 8 heteroatoms. The van der Waals surface area contributed by atoms with Crippen LogP contribution in [0.2, 0.25) is 0 Å². The molecule has 0 radical (unpaired) electrons. The number of furan rings is 1. The zero-order chi connectivity index (χ0) is 22.1. The molecule has 0 spiro atoms. The fourth-order valence-corrected chi connectivity index (χ4v) is 3.82. The van der Waals surface area contributed by atoms with E-state index >= 15 is 0 Å². The molecule has 3 N–H and O–H groups in total. The van der Waals surface area contributed by atoms with E-state index in [2.05, 4.69) is 5.32 Å². The first-order chi connectivity index (χ1) is 14.1. The summed E-state index contributed by atoms with van der Waals surface area (Å²) in [6.07, 6.45) is 3.21. The van der Waals surface area contributed by atoms with Gasteiger partial charge in [0.05, 0.1) is 18.3 Å². The van der Waals surface area contributed by atoms with Gasteiger partial charge < -0.3 is 14.5 Å². The van der Waals surface area contributed by atoms with Crippen molar-refractivity contribution in [2.45, 2.75) is 32.2 Å². The van der Waals surface area contributed by atoms with Crippen LogP contribution in [0.1, 0.15) is 29.2 Å². The maximum Gasteiger partial charge on any atom is 0.244 e. The molecule has 158 valence electrons. The molecule has 2 aromatic carbocycles. The normalized spacial score (nSPS) is 12.2. The quantitative estimate of drug-likeness (QED) is 0.584. The third kappa shape index (κ3) is 4.39. The van der Waals surface area contributed by atoms with Crippen LogP contribution in [0.5, 0.6) is 5.75 Å². The van der Waals surface area contributed by atoms with Gasteiger partial charge in [0.15, 0.2) is 0 Å². The number of benzene rings is 2. The number of methoxy groups -OCH3 is 1. The number of allylic oxidation sites excluding steroid dienone is 1. The Hall–Kier alpha value is -3.10. The van der Waals surface area contributed by atoms with Crippen LogP contribution in [0, 0.1) is 13.8 Å². The molecule has 1 aromatic heterocycles. The van der Waals surface area contributed by atoms with Gasteiger partial charge in [0, 0.05) is 29.1 Å². The third-order valence-electron chi connectivity index (χ3n) is 4.93. The molecule has 0 aliphatic heterocycles. The Morgan fingerprint density at radius 3 is 2.50 bits per heavy atom. The van der Waals surface area contributed by atoms with Crippen molar-refractivity contribution in [2.75, 3.05) is 7.11 Å². The van der Waals surface area contributed by atoms with Gasteiger partial charge in [0.2, 0.25) is 15.9 Å².